The van der Waals surface area contributed by atoms with E-state index in [0.717, 1.165) is 40.7 Å². The number of hydrogen-bond donors (Lipinski definition) is 1. The maximum atomic E-state index is 13.0. The van der Waals surface area contributed by atoms with Gasteiger partial charge in [-0.1, -0.05) is 41.4 Å². The Morgan fingerprint density at radius 3 is 2.58 bits per heavy atom. The third kappa shape index (κ3) is 5.36. The number of amides is 1. The number of ether oxygens (including phenoxy) is 2. The van der Waals surface area contributed by atoms with Crippen LogP contribution >= 0.6 is 23.2 Å². The number of fused-ring (bicyclic) bond motifs is 1. The Kier molecular flexibility index (Phi) is 7.61. The van der Waals surface area contributed by atoms with Crippen LogP contribution < -0.4 is 10.1 Å². The molecule has 2 aromatic carbocycles. The van der Waals surface area contributed by atoms with Gasteiger partial charge in [0.15, 0.2) is 5.60 Å². The Balaban J connectivity index is 1.66. The van der Waals surface area contributed by atoms with Crippen LogP contribution in [-0.4, -0.2) is 62.3 Å². The summed E-state index contributed by atoms with van der Waals surface area (Å²) in [5, 5.41) is 4.16. The minimum absolute atomic E-state index is 0.0520. The summed E-state index contributed by atoms with van der Waals surface area (Å²) in [6.07, 6.45) is 3.13. The molecule has 8 heteroatoms. The van der Waals surface area contributed by atoms with E-state index < -0.39 is 11.0 Å². The molecule has 1 saturated heterocycles. The van der Waals surface area contributed by atoms with Crippen molar-refractivity contribution >= 4 is 35.1 Å². The van der Waals surface area contributed by atoms with Gasteiger partial charge in [-0.2, -0.15) is 0 Å². The van der Waals surface area contributed by atoms with Gasteiger partial charge in [-0.15, -0.1) is 0 Å². The van der Waals surface area contributed by atoms with Gasteiger partial charge < -0.3 is 19.3 Å². The minimum Gasteiger partial charge on any atom is -0.497 e. The van der Waals surface area contributed by atoms with Gasteiger partial charge >= 0.3 is 5.97 Å². The van der Waals surface area contributed by atoms with Crippen LogP contribution in [-0.2, 0) is 26.2 Å². The zero-order chi connectivity index (χ0) is 26.1. The van der Waals surface area contributed by atoms with E-state index in [1.807, 2.05) is 18.2 Å². The lowest BCUT2D eigenvalue weighted by Crippen LogP contribution is -2.71. The van der Waals surface area contributed by atoms with E-state index in [-0.39, 0.29) is 24.3 Å². The van der Waals surface area contributed by atoms with Crippen molar-refractivity contribution in [2.24, 2.45) is 0 Å². The van der Waals surface area contributed by atoms with E-state index in [2.05, 4.69) is 31.5 Å². The summed E-state index contributed by atoms with van der Waals surface area (Å²) in [5.74, 6) is 0.432. The maximum Gasteiger partial charge on any atom is 0.303 e. The van der Waals surface area contributed by atoms with Crippen LogP contribution in [0.15, 0.2) is 42.5 Å². The van der Waals surface area contributed by atoms with Crippen molar-refractivity contribution in [3.05, 3.63) is 63.6 Å². The van der Waals surface area contributed by atoms with Crippen molar-refractivity contribution in [3.8, 4) is 5.75 Å². The molecule has 194 valence electrons. The number of hydrogen-bond acceptors (Lipinski definition) is 4. The van der Waals surface area contributed by atoms with Gasteiger partial charge in [0.2, 0.25) is 5.91 Å². The topological polar surface area (TPSA) is 64.6 Å². The largest absolute Gasteiger partial charge is 0.497 e. The van der Waals surface area contributed by atoms with Crippen LogP contribution in [0.25, 0.3) is 0 Å². The number of benzene rings is 2. The van der Waals surface area contributed by atoms with Crippen molar-refractivity contribution in [2.45, 2.75) is 56.1 Å². The Labute approximate surface area is 223 Å². The highest BCUT2D eigenvalue weighted by Gasteiger charge is 2.64. The highest BCUT2D eigenvalue weighted by Crippen LogP contribution is 2.54. The fourth-order valence-electron chi connectivity index (χ4n) is 6.32. The Morgan fingerprint density at radius 2 is 1.89 bits per heavy atom. The quantitative estimate of drug-likeness (QED) is 0.422. The highest BCUT2D eigenvalue weighted by molar-refractivity contribution is 6.42. The molecule has 36 heavy (non-hydrogen) atoms. The summed E-state index contributed by atoms with van der Waals surface area (Å²) in [6, 6.07) is 13.3. The first kappa shape index (κ1) is 26.8. The van der Waals surface area contributed by atoms with E-state index in [0.29, 0.717) is 29.4 Å². The molecule has 0 bridgehead atoms. The van der Waals surface area contributed by atoms with Crippen LogP contribution in [0.3, 0.4) is 0 Å². The molecule has 1 N–H and O–H groups in total. The molecular formula is C28H35Cl2N2O4+. The highest BCUT2D eigenvalue weighted by atomic mass is 35.5. The molecule has 4 rings (SSSR count). The third-order valence-electron chi connectivity index (χ3n) is 7.87. The van der Waals surface area contributed by atoms with Crippen LogP contribution in [0.4, 0.5) is 0 Å². The number of carbonyl (C=O) groups excluding carboxylic acids is 2. The predicted molar refractivity (Wildman–Crippen MR) is 142 cm³/mol. The Morgan fingerprint density at radius 1 is 1.11 bits per heavy atom. The third-order valence-corrected chi connectivity index (χ3v) is 8.61. The molecule has 0 aromatic heterocycles. The van der Waals surface area contributed by atoms with Crippen molar-refractivity contribution in [1.29, 1.82) is 0 Å². The van der Waals surface area contributed by atoms with Gasteiger partial charge in [0.1, 0.15) is 12.3 Å². The lowest BCUT2D eigenvalue weighted by molar-refractivity contribution is -0.904. The van der Waals surface area contributed by atoms with E-state index in [9.17, 15) is 9.59 Å². The predicted octanol–water partition coefficient (Wildman–Crippen LogP) is 4.93. The number of quaternary nitrogens is 1. The normalized spacial score (nSPS) is 27.0. The molecule has 1 amide bonds. The van der Waals surface area contributed by atoms with Crippen LogP contribution in [0.2, 0.25) is 10.0 Å². The Hall–Kier alpha value is -2.28. The number of methoxy groups -OCH3 is 1. The van der Waals surface area contributed by atoms with E-state index in [1.54, 1.807) is 19.2 Å². The maximum absolute atomic E-state index is 13.0. The summed E-state index contributed by atoms with van der Waals surface area (Å²) >= 11 is 12.2. The zero-order valence-electron chi connectivity index (χ0n) is 21.4. The lowest BCUT2D eigenvalue weighted by Gasteiger charge is -2.60. The molecular weight excluding hydrogens is 499 g/mol. The monoisotopic (exact) mass is 533 g/mol. The summed E-state index contributed by atoms with van der Waals surface area (Å²) in [4.78, 5) is 25.5. The van der Waals surface area contributed by atoms with E-state index in [1.165, 1.54) is 6.92 Å². The summed E-state index contributed by atoms with van der Waals surface area (Å²) in [7, 11) is 6.03. The van der Waals surface area contributed by atoms with E-state index >= 15 is 0 Å². The van der Waals surface area contributed by atoms with Crippen LogP contribution in [0.1, 0.15) is 43.7 Å². The number of likely N-dealkylation sites (tertiary alicyclic amines) is 1. The number of nitrogens with zero attached hydrogens (tertiary/aromatic N) is 1. The van der Waals surface area contributed by atoms with Gasteiger partial charge in [0.25, 0.3) is 0 Å². The molecule has 2 fully saturated rings. The molecule has 0 radical (unpaired) electrons. The minimum atomic E-state index is -0.669. The number of carbonyl (C=O) groups is 2. The zero-order valence-corrected chi connectivity index (χ0v) is 22.9. The second-order valence-electron chi connectivity index (χ2n) is 10.9. The molecule has 0 unspecified atom stereocenters. The molecule has 1 saturated carbocycles. The Bertz CT molecular complexity index is 1150. The lowest BCUT2D eigenvalue weighted by atomic mass is 9.54. The van der Waals surface area contributed by atoms with Gasteiger partial charge in [0, 0.05) is 24.8 Å². The summed E-state index contributed by atoms with van der Waals surface area (Å²) < 4.78 is 12.6. The summed E-state index contributed by atoms with van der Waals surface area (Å²) in [6.45, 7) is 3.14. The molecule has 0 spiro atoms. The first-order chi connectivity index (χ1) is 17.0. The average molecular weight is 535 g/mol. The van der Waals surface area contributed by atoms with Crippen LogP contribution in [0, 0.1) is 0 Å². The van der Waals surface area contributed by atoms with Crippen molar-refractivity contribution < 1.29 is 23.5 Å². The second kappa shape index (κ2) is 10.2. The van der Waals surface area contributed by atoms with Crippen molar-refractivity contribution in [2.75, 3.05) is 34.3 Å². The first-order valence-electron chi connectivity index (χ1n) is 12.4. The molecule has 2 aromatic rings. The van der Waals surface area contributed by atoms with Gasteiger partial charge in [-0.05, 0) is 54.7 Å². The number of nitrogens with one attached hydrogen (secondary N) is 1. The molecule has 3 atom stereocenters. The van der Waals surface area contributed by atoms with Gasteiger partial charge in [-0.3, -0.25) is 9.59 Å². The fraction of sp³-hybridized carbons (Fsp3) is 0.500. The molecule has 6 nitrogen and oxygen atoms in total. The number of likely N-dealkylation sites (N-methyl/N-ethyl adjacent to an activating group) is 1. The SMILES string of the molecule is COc1cccc([C@@]23CC[N+](C)(C)C[C@@]2(OC(C)=O)CC[C@H](NC(=O)Cc2ccc(Cl)c(Cl)c2)C3)c1. The average Bonchev–Trinajstić information content (AvgIpc) is 2.81. The molecule has 2 aliphatic rings. The fourth-order valence-corrected chi connectivity index (χ4v) is 6.64. The number of esters is 1. The second-order valence-corrected chi connectivity index (χ2v) is 11.7. The number of rotatable bonds is 6. The van der Waals surface area contributed by atoms with Crippen molar-refractivity contribution in [1.82, 2.24) is 5.32 Å². The van der Waals surface area contributed by atoms with Crippen LogP contribution in [0.5, 0.6) is 5.75 Å². The molecule has 1 heterocycles. The molecule has 1 aliphatic carbocycles. The van der Waals surface area contributed by atoms with Gasteiger partial charge in [-0.25, -0.2) is 0 Å². The van der Waals surface area contributed by atoms with Crippen molar-refractivity contribution in [3.63, 3.8) is 0 Å². The summed E-state index contributed by atoms with van der Waals surface area (Å²) in [5.41, 5.74) is 0.788. The first-order valence-corrected chi connectivity index (χ1v) is 13.1. The number of halogens is 2. The number of piperidine rings is 1. The van der Waals surface area contributed by atoms with Gasteiger partial charge in [0.05, 0.1) is 44.2 Å². The molecule has 1 aliphatic heterocycles. The smallest absolute Gasteiger partial charge is 0.303 e. The standard InChI is InChI=1S/C28H34Cl2N2O4/c1-19(33)36-28-11-10-22(31-26(34)15-20-8-9-24(29)25(30)14-20)17-27(28,12-13-32(2,3)18-28)21-6-5-7-23(16-21)35-4/h5-9,14,16,22H,10-13,15,17-18H2,1-4H3/p+1/t22-,27-,28-/m0/s1. The van der Waals surface area contributed by atoms with E-state index in [4.69, 9.17) is 32.7 Å².